The quantitative estimate of drug-likeness (QED) is 0.866. The topological polar surface area (TPSA) is 96.7 Å². The van der Waals surface area contributed by atoms with Gasteiger partial charge in [0.05, 0.1) is 25.5 Å². The fourth-order valence-corrected chi connectivity index (χ4v) is 2.68. The van der Waals surface area contributed by atoms with Gasteiger partial charge in [0.15, 0.2) is 5.76 Å². The van der Waals surface area contributed by atoms with E-state index in [1.54, 1.807) is 48.7 Å². The number of nitrogens with zero attached hydrogens (tertiary/aromatic N) is 2. The molecule has 0 spiro atoms. The van der Waals surface area contributed by atoms with Crippen LogP contribution >= 0.6 is 0 Å². The summed E-state index contributed by atoms with van der Waals surface area (Å²) in [6.45, 7) is 1.64. The number of hydrogen-bond donors (Lipinski definition) is 2. The molecular formula is C17H20N4O4. The summed E-state index contributed by atoms with van der Waals surface area (Å²) in [6.07, 6.45) is 3.15. The Hall–Kier alpha value is -2.87. The summed E-state index contributed by atoms with van der Waals surface area (Å²) in [6, 6.07) is 6.43. The number of hydrogen-bond acceptors (Lipinski definition) is 5. The van der Waals surface area contributed by atoms with E-state index in [4.69, 9.17) is 9.15 Å². The number of morpholine rings is 1. The molecule has 0 saturated carbocycles. The van der Waals surface area contributed by atoms with Gasteiger partial charge in [0.2, 0.25) is 0 Å². The summed E-state index contributed by atoms with van der Waals surface area (Å²) < 4.78 is 10.8. The van der Waals surface area contributed by atoms with Crippen LogP contribution in [0.4, 0.5) is 4.79 Å². The lowest BCUT2D eigenvalue weighted by Gasteiger charge is -2.35. The summed E-state index contributed by atoms with van der Waals surface area (Å²) in [5.74, 6) is 0.483. The van der Waals surface area contributed by atoms with Gasteiger partial charge in [-0.1, -0.05) is 0 Å². The predicted octanol–water partition coefficient (Wildman–Crippen LogP) is 1.11. The van der Waals surface area contributed by atoms with E-state index in [1.165, 1.54) is 0 Å². The van der Waals surface area contributed by atoms with Gasteiger partial charge >= 0.3 is 6.03 Å². The molecule has 2 N–H and O–H groups in total. The van der Waals surface area contributed by atoms with E-state index in [2.05, 4.69) is 15.6 Å². The SMILES string of the molecule is CNC(=O)NCC1COCCN1C(=O)c1ccnc(-c2ccco2)c1. The van der Waals surface area contributed by atoms with Gasteiger partial charge in [0.1, 0.15) is 5.69 Å². The second-order valence-electron chi connectivity index (χ2n) is 5.59. The average Bonchev–Trinajstić information content (AvgIpc) is 3.20. The molecule has 0 aromatic carbocycles. The summed E-state index contributed by atoms with van der Waals surface area (Å²) >= 11 is 0. The van der Waals surface area contributed by atoms with Crippen molar-refractivity contribution in [2.75, 3.05) is 33.4 Å². The van der Waals surface area contributed by atoms with Crippen LogP contribution in [-0.2, 0) is 4.74 Å². The van der Waals surface area contributed by atoms with Crippen molar-refractivity contribution in [2.24, 2.45) is 0 Å². The molecule has 2 aromatic rings. The van der Waals surface area contributed by atoms with Gasteiger partial charge in [-0.3, -0.25) is 9.78 Å². The molecule has 1 fully saturated rings. The zero-order valence-corrected chi connectivity index (χ0v) is 13.9. The molecule has 0 bridgehead atoms. The zero-order chi connectivity index (χ0) is 17.6. The lowest BCUT2D eigenvalue weighted by Crippen LogP contribution is -2.54. The molecule has 2 aromatic heterocycles. The minimum absolute atomic E-state index is 0.123. The molecule has 1 saturated heterocycles. The number of carbonyl (C=O) groups excluding carboxylic acids is 2. The maximum atomic E-state index is 12.9. The molecule has 3 heterocycles. The molecule has 1 unspecified atom stereocenters. The van der Waals surface area contributed by atoms with Gasteiger partial charge in [0.25, 0.3) is 5.91 Å². The van der Waals surface area contributed by atoms with Gasteiger partial charge in [-0.05, 0) is 24.3 Å². The maximum absolute atomic E-state index is 12.9. The molecule has 8 heteroatoms. The number of urea groups is 1. The normalized spacial score (nSPS) is 17.2. The third-order valence-electron chi connectivity index (χ3n) is 3.99. The predicted molar refractivity (Wildman–Crippen MR) is 90.0 cm³/mol. The number of pyridine rings is 1. The van der Waals surface area contributed by atoms with E-state index in [-0.39, 0.29) is 18.0 Å². The van der Waals surface area contributed by atoms with Gasteiger partial charge in [0, 0.05) is 31.9 Å². The van der Waals surface area contributed by atoms with Crippen LogP contribution in [0.1, 0.15) is 10.4 Å². The minimum Gasteiger partial charge on any atom is -0.463 e. The highest BCUT2D eigenvalue weighted by Crippen LogP contribution is 2.20. The van der Waals surface area contributed by atoms with Gasteiger partial charge in [-0.2, -0.15) is 0 Å². The largest absolute Gasteiger partial charge is 0.463 e. The van der Waals surface area contributed by atoms with Crippen LogP contribution in [0.15, 0.2) is 41.1 Å². The highest BCUT2D eigenvalue weighted by atomic mass is 16.5. The first kappa shape index (κ1) is 17.0. The minimum atomic E-state index is -0.290. The van der Waals surface area contributed by atoms with E-state index in [1.807, 2.05) is 0 Å². The van der Waals surface area contributed by atoms with Crippen LogP contribution in [0.5, 0.6) is 0 Å². The molecule has 25 heavy (non-hydrogen) atoms. The van der Waals surface area contributed by atoms with Crippen LogP contribution in [-0.4, -0.2) is 61.2 Å². The van der Waals surface area contributed by atoms with Crippen LogP contribution in [0, 0.1) is 0 Å². The molecule has 1 aliphatic rings. The first-order valence-corrected chi connectivity index (χ1v) is 8.03. The van der Waals surface area contributed by atoms with Gasteiger partial charge in [-0.15, -0.1) is 0 Å². The number of amides is 3. The molecule has 0 radical (unpaired) electrons. The van der Waals surface area contributed by atoms with Crippen molar-refractivity contribution < 1.29 is 18.7 Å². The average molecular weight is 344 g/mol. The first-order chi connectivity index (χ1) is 12.2. The zero-order valence-electron chi connectivity index (χ0n) is 13.9. The highest BCUT2D eigenvalue weighted by molar-refractivity contribution is 5.95. The van der Waals surface area contributed by atoms with Gasteiger partial charge in [-0.25, -0.2) is 4.79 Å². The number of rotatable bonds is 4. The van der Waals surface area contributed by atoms with Crippen molar-refractivity contribution in [2.45, 2.75) is 6.04 Å². The molecule has 8 nitrogen and oxygen atoms in total. The van der Waals surface area contributed by atoms with Crippen molar-refractivity contribution in [3.63, 3.8) is 0 Å². The van der Waals surface area contributed by atoms with Crippen molar-refractivity contribution in [1.29, 1.82) is 0 Å². The maximum Gasteiger partial charge on any atom is 0.314 e. The van der Waals surface area contributed by atoms with E-state index < -0.39 is 0 Å². The first-order valence-electron chi connectivity index (χ1n) is 8.03. The Labute approximate surface area is 145 Å². The molecular weight excluding hydrogens is 324 g/mol. The van der Waals surface area contributed by atoms with Crippen molar-refractivity contribution in [1.82, 2.24) is 20.5 Å². The smallest absolute Gasteiger partial charge is 0.314 e. The summed E-state index contributed by atoms with van der Waals surface area (Å²) in [4.78, 5) is 30.3. The van der Waals surface area contributed by atoms with Crippen LogP contribution in [0.25, 0.3) is 11.5 Å². The van der Waals surface area contributed by atoms with E-state index in [0.29, 0.717) is 43.3 Å². The number of nitrogens with one attached hydrogen (secondary N) is 2. The van der Waals surface area contributed by atoms with E-state index in [9.17, 15) is 9.59 Å². The fourth-order valence-electron chi connectivity index (χ4n) is 2.68. The molecule has 3 rings (SSSR count). The van der Waals surface area contributed by atoms with E-state index in [0.717, 1.165) is 0 Å². The number of carbonyl (C=O) groups is 2. The third-order valence-corrected chi connectivity index (χ3v) is 3.99. The second-order valence-corrected chi connectivity index (χ2v) is 5.59. The summed E-state index contributed by atoms with van der Waals surface area (Å²) in [5, 5.41) is 5.21. The highest BCUT2D eigenvalue weighted by Gasteiger charge is 2.28. The van der Waals surface area contributed by atoms with E-state index >= 15 is 0 Å². The standard InChI is InChI=1S/C17H20N4O4/c1-18-17(23)20-10-13-11-24-8-6-21(13)16(22)12-4-5-19-14(9-12)15-3-2-7-25-15/h2-5,7,9,13H,6,8,10-11H2,1H3,(H2,18,20,23). The second kappa shape index (κ2) is 7.80. The summed E-state index contributed by atoms with van der Waals surface area (Å²) in [7, 11) is 1.54. The summed E-state index contributed by atoms with van der Waals surface area (Å²) in [5.41, 5.74) is 1.12. The Morgan fingerprint density at radius 1 is 1.40 bits per heavy atom. The van der Waals surface area contributed by atoms with Crippen molar-refractivity contribution >= 4 is 11.9 Å². The molecule has 1 atom stereocenters. The lowest BCUT2D eigenvalue weighted by atomic mass is 10.1. The third kappa shape index (κ3) is 3.97. The Morgan fingerprint density at radius 2 is 2.28 bits per heavy atom. The van der Waals surface area contributed by atoms with Crippen LogP contribution < -0.4 is 10.6 Å². The van der Waals surface area contributed by atoms with Crippen LogP contribution in [0.2, 0.25) is 0 Å². The molecule has 1 aliphatic heterocycles. The Morgan fingerprint density at radius 3 is 3.04 bits per heavy atom. The van der Waals surface area contributed by atoms with Crippen molar-refractivity contribution in [3.8, 4) is 11.5 Å². The Bertz CT molecular complexity index is 732. The Balaban J connectivity index is 1.76. The fraction of sp³-hybridized carbons (Fsp3) is 0.353. The van der Waals surface area contributed by atoms with Crippen molar-refractivity contribution in [3.05, 3.63) is 42.3 Å². The van der Waals surface area contributed by atoms with Gasteiger partial charge < -0.3 is 24.7 Å². The number of ether oxygens (including phenoxy) is 1. The molecule has 0 aliphatic carbocycles. The molecule has 3 amide bonds. The number of aromatic nitrogens is 1. The van der Waals surface area contributed by atoms with Crippen LogP contribution in [0.3, 0.4) is 0 Å². The Kier molecular flexibility index (Phi) is 5.30. The lowest BCUT2D eigenvalue weighted by molar-refractivity contribution is -0.000761. The molecule has 132 valence electrons. The monoisotopic (exact) mass is 344 g/mol. The number of furan rings is 1.